The molecule has 0 aliphatic rings. The van der Waals surface area contributed by atoms with Gasteiger partial charge in [0, 0.05) is 49.5 Å². The Balaban J connectivity index is 0. The van der Waals surface area contributed by atoms with E-state index in [-0.39, 0.29) is 19.7 Å². The summed E-state index contributed by atoms with van der Waals surface area (Å²) >= 11 is 11.5. The molecule has 0 saturated carbocycles. The van der Waals surface area contributed by atoms with E-state index in [1.54, 1.807) is 62.4 Å². The van der Waals surface area contributed by atoms with Gasteiger partial charge < -0.3 is 20.1 Å². The Bertz CT molecular complexity index is 962. The summed E-state index contributed by atoms with van der Waals surface area (Å²) in [6.07, 6.45) is 1.27. The normalized spacial score (nSPS) is 10.2. The molecule has 0 spiro atoms. The quantitative estimate of drug-likeness (QED) is 0.325. The molecule has 0 fully saturated rings. The lowest BCUT2D eigenvalue weighted by Crippen LogP contribution is -2.30. The summed E-state index contributed by atoms with van der Waals surface area (Å²) in [4.78, 5) is 29.7. The maximum atomic E-state index is 11.6. The fourth-order valence-electron chi connectivity index (χ4n) is 2.53. The molecule has 0 aliphatic carbocycles. The van der Waals surface area contributed by atoms with E-state index in [2.05, 4.69) is 4.99 Å². The number of benzene rings is 2. The molecule has 35 heavy (non-hydrogen) atoms. The first-order valence-corrected chi connectivity index (χ1v) is 10.9. The van der Waals surface area contributed by atoms with Gasteiger partial charge in [-0.3, -0.25) is 14.5 Å². The minimum absolute atomic E-state index is 0. The van der Waals surface area contributed by atoms with Crippen LogP contribution in [0.1, 0.15) is 39.3 Å². The van der Waals surface area contributed by atoms with Crippen LogP contribution in [0.3, 0.4) is 0 Å². The third kappa shape index (κ3) is 13.9. The number of ether oxygens (including phenoxy) is 2. The Labute approximate surface area is 219 Å². The van der Waals surface area contributed by atoms with Crippen molar-refractivity contribution in [3.8, 4) is 0 Å². The van der Waals surface area contributed by atoms with Crippen LogP contribution >= 0.6 is 23.2 Å². The van der Waals surface area contributed by atoms with Crippen LogP contribution in [0.2, 0.25) is 10.0 Å². The first kappa shape index (κ1) is 34.7. The van der Waals surface area contributed by atoms with Crippen molar-refractivity contribution < 1.29 is 19.1 Å². The minimum Gasteiger partial charge on any atom is -0.369 e. The second kappa shape index (κ2) is 17.9. The Kier molecular flexibility index (Phi) is 17.7. The fraction of sp³-hybridized carbons (Fsp3) is 0.400. The van der Waals surface area contributed by atoms with Crippen LogP contribution in [0.4, 0.5) is 0 Å². The highest BCUT2D eigenvalue weighted by atomic mass is 35.5. The van der Waals surface area contributed by atoms with Crippen LogP contribution in [0.25, 0.3) is 0 Å². The smallest absolute Gasteiger partial charge is 0.278 e. The summed E-state index contributed by atoms with van der Waals surface area (Å²) < 4.78 is 9.73. The van der Waals surface area contributed by atoms with Crippen molar-refractivity contribution in [2.75, 3.05) is 42.4 Å². The fourth-order valence-corrected chi connectivity index (χ4v) is 2.98. The molecular weight excluding hydrogens is 491 g/mol. The van der Waals surface area contributed by atoms with Crippen molar-refractivity contribution in [2.24, 2.45) is 10.7 Å². The number of carbonyl (C=O) groups is 2. The molecule has 0 radical (unpaired) electrons. The Morgan fingerprint density at radius 2 is 1.34 bits per heavy atom. The van der Waals surface area contributed by atoms with E-state index < -0.39 is 5.91 Å². The number of nitrogens with zero attached hydrogens (tertiary/aromatic N) is 3. The van der Waals surface area contributed by atoms with E-state index in [0.717, 1.165) is 11.1 Å². The maximum Gasteiger partial charge on any atom is 0.278 e. The maximum absolute atomic E-state index is 11.6. The molecule has 2 amide bonds. The van der Waals surface area contributed by atoms with Crippen molar-refractivity contribution >= 4 is 41.4 Å². The van der Waals surface area contributed by atoms with Crippen LogP contribution < -0.4 is 5.73 Å². The van der Waals surface area contributed by atoms with Gasteiger partial charge in [-0.2, -0.15) is 4.99 Å². The van der Waals surface area contributed by atoms with Gasteiger partial charge in [0.25, 0.3) is 5.91 Å². The van der Waals surface area contributed by atoms with Crippen LogP contribution in [-0.4, -0.2) is 76.8 Å². The monoisotopic (exact) mass is 528 g/mol. The summed E-state index contributed by atoms with van der Waals surface area (Å²) in [5.74, 6) is -0.669. The summed E-state index contributed by atoms with van der Waals surface area (Å²) in [6.45, 7) is 3.64. The molecule has 0 atom stereocenters. The Morgan fingerprint density at radius 3 is 1.63 bits per heavy atom. The molecule has 2 N–H and O–H groups in total. The number of hydrogen-bond donors (Lipinski definition) is 1. The van der Waals surface area contributed by atoms with E-state index in [1.165, 1.54) is 6.34 Å². The molecule has 2 rings (SSSR count). The molecule has 10 heteroatoms. The largest absolute Gasteiger partial charge is 0.369 e. The van der Waals surface area contributed by atoms with Gasteiger partial charge in [-0.25, -0.2) is 0 Å². The lowest BCUT2D eigenvalue weighted by molar-refractivity contribution is -0.179. The number of carbonyl (C=O) groups excluding carboxylic acids is 2. The lowest BCUT2D eigenvalue weighted by Gasteiger charge is -2.19. The first-order chi connectivity index (χ1) is 15.8. The summed E-state index contributed by atoms with van der Waals surface area (Å²) in [6, 6.07) is 10.1. The van der Waals surface area contributed by atoms with Crippen molar-refractivity contribution in [1.29, 1.82) is 0 Å². The number of methoxy groups -OCH3 is 2. The van der Waals surface area contributed by atoms with Gasteiger partial charge in [-0.05, 0) is 75.5 Å². The van der Waals surface area contributed by atoms with Crippen LogP contribution in [0, 0.1) is 13.8 Å². The molecule has 196 valence electrons. The molecule has 8 nitrogen and oxygen atoms in total. The van der Waals surface area contributed by atoms with Crippen LogP contribution in [0.15, 0.2) is 41.4 Å². The van der Waals surface area contributed by atoms with Crippen LogP contribution in [-0.2, 0) is 9.47 Å². The minimum atomic E-state index is -0.417. The van der Waals surface area contributed by atoms with E-state index in [0.29, 0.717) is 21.2 Å². The predicted molar refractivity (Wildman–Crippen MR) is 146 cm³/mol. The van der Waals surface area contributed by atoms with Gasteiger partial charge in [-0.15, -0.1) is 0 Å². The Hall–Kier alpha value is -2.49. The number of amides is 2. The first-order valence-electron chi connectivity index (χ1n) is 10.1. The molecule has 0 saturated heterocycles. The van der Waals surface area contributed by atoms with E-state index in [4.69, 9.17) is 38.4 Å². The molecule has 0 bridgehead atoms. The molecule has 0 unspecified atom stereocenters. The molecule has 0 heterocycles. The van der Waals surface area contributed by atoms with Gasteiger partial charge >= 0.3 is 0 Å². The van der Waals surface area contributed by atoms with Gasteiger partial charge in [0.2, 0.25) is 12.3 Å². The predicted octanol–water partition coefficient (Wildman–Crippen LogP) is 4.89. The van der Waals surface area contributed by atoms with Gasteiger partial charge in [0.15, 0.2) is 0 Å². The highest BCUT2D eigenvalue weighted by Crippen LogP contribution is 2.16. The van der Waals surface area contributed by atoms with Crippen LogP contribution in [0.5, 0.6) is 0 Å². The number of halogens is 2. The third-order valence-electron chi connectivity index (χ3n) is 4.10. The van der Waals surface area contributed by atoms with E-state index in [1.807, 2.05) is 40.0 Å². The van der Waals surface area contributed by atoms with Crippen molar-refractivity contribution in [3.05, 3.63) is 68.7 Å². The standard InChI is InChI=1S/C11H13ClN2O.C8H8ClNO.C5H13NO2.CH4/c1-8-6-9(12)4-5-10(8)11(15)13-7-14(2)3;1-5-4-6(9)2-3-7(5)8(10)11;1-6(2)5(7-3)8-4;/h4-7H,1-3H3;2-4H,1H3,(H2,10,11);5H,1-4H3;1H4. The summed E-state index contributed by atoms with van der Waals surface area (Å²) in [5, 5.41) is 1.24. The summed E-state index contributed by atoms with van der Waals surface area (Å²) in [7, 11) is 10.6. The number of aliphatic imine (C=N–C) groups is 1. The molecule has 0 aliphatic heterocycles. The van der Waals surface area contributed by atoms with Crippen molar-refractivity contribution in [3.63, 3.8) is 0 Å². The number of nitrogens with two attached hydrogens (primary N) is 1. The van der Waals surface area contributed by atoms with Gasteiger partial charge in [-0.1, -0.05) is 30.6 Å². The SMILES string of the molecule is C.COC(OC)N(C)C.Cc1cc(Cl)ccc1C(=O)N=CN(C)C.Cc1cc(Cl)ccc1C(N)=O. The zero-order valence-corrected chi connectivity index (χ0v) is 22.4. The average Bonchev–Trinajstić information content (AvgIpc) is 2.73. The zero-order valence-electron chi connectivity index (χ0n) is 20.9. The average molecular weight is 530 g/mol. The second-order valence-electron chi connectivity index (χ2n) is 7.54. The van der Waals surface area contributed by atoms with E-state index >= 15 is 0 Å². The molecule has 0 aromatic heterocycles. The van der Waals surface area contributed by atoms with Gasteiger partial charge in [0.05, 0.1) is 6.34 Å². The summed E-state index contributed by atoms with van der Waals surface area (Å²) in [5.41, 5.74) is 7.83. The van der Waals surface area contributed by atoms with E-state index in [9.17, 15) is 9.59 Å². The number of aryl methyl sites for hydroxylation is 2. The highest BCUT2D eigenvalue weighted by molar-refractivity contribution is 6.31. The Morgan fingerprint density at radius 1 is 0.914 bits per heavy atom. The van der Waals surface area contributed by atoms with Crippen molar-refractivity contribution in [1.82, 2.24) is 9.80 Å². The molecule has 2 aromatic carbocycles. The molecule has 2 aromatic rings. The number of hydrogen-bond acceptors (Lipinski definition) is 5. The number of primary amides is 1. The lowest BCUT2D eigenvalue weighted by atomic mass is 10.1. The second-order valence-corrected chi connectivity index (χ2v) is 8.41. The van der Waals surface area contributed by atoms with Gasteiger partial charge in [0.1, 0.15) is 0 Å². The third-order valence-corrected chi connectivity index (χ3v) is 4.57. The molecular formula is C25H38Cl2N4O4. The van der Waals surface area contributed by atoms with Crippen molar-refractivity contribution in [2.45, 2.75) is 27.7 Å². The topological polar surface area (TPSA) is 97.5 Å². The zero-order chi connectivity index (χ0) is 26.4. The highest BCUT2D eigenvalue weighted by Gasteiger charge is 2.07. The number of rotatable bonds is 6.